The minimum atomic E-state index is -0.109. The van der Waals surface area contributed by atoms with Crippen molar-refractivity contribution < 1.29 is 4.79 Å². The first-order valence-corrected chi connectivity index (χ1v) is 12.5. The molecule has 2 N–H and O–H groups in total. The summed E-state index contributed by atoms with van der Waals surface area (Å²) in [6, 6.07) is 14.5. The van der Waals surface area contributed by atoms with Crippen LogP contribution in [-0.2, 0) is 4.79 Å². The third-order valence-corrected chi connectivity index (χ3v) is 7.64. The molecule has 2 fully saturated rings. The van der Waals surface area contributed by atoms with E-state index in [1.54, 1.807) is 0 Å². The Bertz CT molecular complexity index is 969. The SMILES string of the molecule is Cc1ccc(N2CCN(C(=O)[C@H]3[C@@H](c4ccc(Cl)cc4)CCN3C)CC2)c([C@@H](N)C(C)C)c1. The van der Waals surface area contributed by atoms with Crippen LogP contribution in [0.25, 0.3) is 0 Å². The smallest absolute Gasteiger partial charge is 0.240 e. The lowest BCUT2D eigenvalue weighted by atomic mass is 9.90. The molecule has 178 valence electrons. The van der Waals surface area contributed by atoms with Crippen molar-refractivity contribution in [2.24, 2.45) is 11.7 Å². The zero-order valence-electron chi connectivity index (χ0n) is 20.3. The normalized spacial score (nSPS) is 22.8. The van der Waals surface area contributed by atoms with E-state index in [0.717, 1.165) is 44.2 Å². The summed E-state index contributed by atoms with van der Waals surface area (Å²) in [7, 11) is 2.07. The van der Waals surface area contributed by atoms with Crippen molar-refractivity contribution in [3.8, 4) is 0 Å². The average molecular weight is 469 g/mol. The number of carbonyl (C=O) groups excluding carboxylic acids is 1. The largest absolute Gasteiger partial charge is 0.368 e. The highest BCUT2D eigenvalue weighted by atomic mass is 35.5. The number of carbonyl (C=O) groups is 1. The van der Waals surface area contributed by atoms with Gasteiger partial charge in [-0.25, -0.2) is 0 Å². The Morgan fingerprint density at radius 2 is 1.70 bits per heavy atom. The van der Waals surface area contributed by atoms with E-state index in [0.29, 0.717) is 5.92 Å². The van der Waals surface area contributed by atoms with Gasteiger partial charge in [-0.2, -0.15) is 0 Å². The fraction of sp³-hybridized carbons (Fsp3) is 0.519. The van der Waals surface area contributed by atoms with Crippen LogP contribution in [0.5, 0.6) is 0 Å². The van der Waals surface area contributed by atoms with Crippen LogP contribution in [0.4, 0.5) is 5.69 Å². The molecular formula is C27H37ClN4O. The molecule has 1 amide bonds. The molecule has 2 aliphatic heterocycles. The molecule has 0 aliphatic carbocycles. The first kappa shape index (κ1) is 24.1. The zero-order valence-corrected chi connectivity index (χ0v) is 21.1. The Morgan fingerprint density at radius 3 is 2.33 bits per heavy atom. The van der Waals surface area contributed by atoms with Crippen molar-refractivity contribution in [3.63, 3.8) is 0 Å². The number of amides is 1. The molecule has 5 nitrogen and oxygen atoms in total. The maximum atomic E-state index is 13.6. The second-order valence-electron chi connectivity index (χ2n) is 10.0. The monoisotopic (exact) mass is 468 g/mol. The van der Waals surface area contributed by atoms with Crippen LogP contribution in [0.3, 0.4) is 0 Å². The van der Waals surface area contributed by atoms with Gasteiger partial charge in [0.05, 0.1) is 6.04 Å². The van der Waals surface area contributed by atoms with Crippen LogP contribution >= 0.6 is 11.6 Å². The number of likely N-dealkylation sites (N-methyl/N-ethyl adjacent to an activating group) is 1. The number of benzene rings is 2. The maximum absolute atomic E-state index is 13.6. The molecule has 2 heterocycles. The van der Waals surface area contributed by atoms with Gasteiger partial charge in [0.1, 0.15) is 0 Å². The van der Waals surface area contributed by atoms with Crippen LogP contribution in [-0.4, -0.2) is 61.5 Å². The van der Waals surface area contributed by atoms with Gasteiger partial charge in [-0.15, -0.1) is 0 Å². The molecule has 0 aromatic heterocycles. The summed E-state index contributed by atoms with van der Waals surface area (Å²) in [5, 5.41) is 0.733. The number of hydrogen-bond donors (Lipinski definition) is 1. The van der Waals surface area contributed by atoms with E-state index < -0.39 is 0 Å². The van der Waals surface area contributed by atoms with Gasteiger partial charge in [-0.05, 0) is 62.2 Å². The number of piperazine rings is 1. The standard InChI is InChI=1S/C27H37ClN4O/c1-18(2)25(29)23-17-19(3)5-10-24(23)31-13-15-32(16-14-31)27(33)26-22(11-12-30(26)4)20-6-8-21(28)9-7-20/h5-10,17-18,22,25-26H,11-16,29H2,1-4H3/t22-,25+,26-/m1/s1. The number of aryl methyl sites for hydroxylation is 1. The second-order valence-corrected chi connectivity index (χ2v) is 10.5. The summed E-state index contributed by atoms with van der Waals surface area (Å²) in [6.45, 7) is 10.5. The lowest BCUT2D eigenvalue weighted by Gasteiger charge is -2.40. The van der Waals surface area contributed by atoms with Crippen molar-refractivity contribution in [1.82, 2.24) is 9.80 Å². The van der Waals surface area contributed by atoms with Crippen LogP contribution in [0.2, 0.25) is 5.02 Å². The number of nitrogens with two attached hydrogens (primary N) is 1. The van der Waals surface area contributed by atoms with Crippen LogP contribution in [0, 0.1) is 12.8 Å². The Kier molecular flexibility index (Phi) is 7.32. The number of rotatable bonds is 5. The van der Waals surface area contributed by atoms with E-state index in [4.69, 9.17) is 17.3 Å². The highest BCUT2D eigenvalue weighted by molar-refractivity contribution is 6.30. The van der Waals surface area contributed by atoms with E-state index >= 15 is 0 Å². The van der Waals surface area contributed by atoms with Crippen molar-refractivity contribution >= 4 is 23.2 Å². The minimum Gasteiger partial charge on any atom is -0.368 e. The number of halogens is 1. The highest BCUT2D eigenvalue weighted by Gasteiger charge is 2.40. The molecule has 2 aromatic rings. The second kappa shape index (κ2) is 10.0. The lowest BCUT2D eigenvalue weighted by Crippen LogP contribution is -2.54. The highest BCUT2D eigenvalue weighted by Crippen LogP contribution is 2.35. The van der Waals surface area contributed by atoms with Crippen LogP contribution in [0.1, 0.15) is 48.9 Å². The van der Waals surface area contributed by atoms with E-state index in [-0.39, 0.29) is 23.9 Å². The molecule has 2 aromatic carbocycles. The number of anilines is 1. The molecule has 0 unspecified atom stereocenters. The summed E-state index contributed by atoms with van der Waals surface area (Å²) < 4.78 is 0. The van der Waals surface area contributed by atoms with E-state index in [1.165, 1.54) is 22.4 Å². The van der Waals surface area contributed by atoms with Gasteiger partial charge >= 0.3 is 0 Å². The first-order valence-electron chi connectivity index (χ1n) is 12.1. The molecule has 0 radical (unpaired) electrons. The van der Waals surface area contributed by atoms with Crippen molar-refractivity contribution in [3.05, 3.63) is 64.2 Å². The number of likely N-dealkylation sites (tertiary alicyclic amines) is 1. The van der Waals surface area contributed by atoms with E-state index in [1.807, 2.05) is 12.1 Å². The zero-order chi connectivity index (χ0) is 23.7. The quantitative estimate of drug-likeness (QED) is 0.704. The molecule has 0 bridgehead atoms. The van der Waals surface area contributed by atoms with Gasteiger partial charge in [0.2, 0.25) is 5.91 Å². The maximum Gasteiger partial charge on any atom is 0.240 e. The topological polar surface area (TPSA) is 52.8 Å². The lowest BCUT2D eigenvalue weighted by molar-refractivity contribution is -0.136. The summed E-state index contributed by atoms with van der Waals surface area (Å²) in [5.74, 6) is 0.833. The molecule has 2 saturated heterocycles. The molecule has 4 rings (SSSR count). The fourth-order valence-corrected chi connectivity index (χ4v) is 5.44. The average Bonchev–Trinajstić information content (AvgIpc) is 3.19. The van der Waals surface area contributed by atoms with Gasteiger partial charge in [-0.3, -0.25) is 9.69 Å². The molecule has 2 aliphatic rings. The Hall–Kier alpha value is -2.08. The number of hydrogen-bond acceptors (Lipinski definition) is 4. The predicted molar refractivity (Wildman–Crippen MR) is 137 cm³/mol. The van der Waals surface area contributed by atoms with Crippen molar-refractivity contribution in [2.45, 2.75) is 45.2 Å². The van der Waals surface area contributed by atoms with Crippen LogP contribution < -0.4 is 10.6 Å². The Labute approximate surface area is 203 Å². The summed E-state index contributed by atoms with van der Waals surface area (Å²) >= 11 is 6.09. The van der Waals surface area contributed by atoms with Gasteiger partial charge in [0, 0.05) is 48.8 Å². The molecule has 0 saturated carbocycles. The molecule has 33 heavy (non-hydrogen) atoms. The third-order valence-electron chi connectivity index (χ3n) is 7.39. The summed E-state index contributed by atoms with van der Waals surface area (Å²) in [6.07, 6.45) is 0.994. The van der Waals surface area contributed by atoms with E-state index in [9.17, 15) is 4.79 Å². The molecular weight excluding hydrogens is 432 g/mol. The van der Waals surface area contributed by atoms with Gasteiger partial charge < -0.3 is 15.5 Å². The summed E-state index contributed by atoms with van der Waals surface area (Å²) in [5.41, 5.74) is 11.4. The predicted octanol–water partition coefficient (Wildman–Crippen LogP) is 4.44. The first-order chi connectivity index (χ1) is 15.8. The molecule has 0 spiro atoms. The number of nitrogens with zero attached hydrogens (tertiary/aromatic N) is 3. The van der Waals surface area contributed by atoms with Gasteiger partial charge in [0.15, 0.2) is 0 Å². The van der Waals surface area contributed by atoms with Crippen molar-refractivity contribution in [1.29, 1.82) is 0 Å². The Balaban J connectivity index is 1.47. The Morgan fingerprint density at radius 1 is 1.03 bits per heavy atom. The molecule has 6 heteroatoms. The minimum absolute atomic E-state index is 0.00633. The molecule has 3 atom stereocenters. The summed E-state index contributed by atoms with van der Waals surface area (Å²) in [4.78, 5) is 20.3. The third kappa shape index (κ3) is 5.06. The van der Waals surface area contributed by atoms with Crippen molar-refractivity contribution in [2.75, 3.05) is 44.7 Å². The van der Waals surface area contributed by atoms with Gasteiger partial charge in [-0.1, -0.05) is 55.3 Å². The fourth-order valence-electron chi connectivity index (χ4n) is 5.31. The van der Waals surface area contributed by atoms with E-state index in [2.05, 4.69) is 72.9 Å². The van der Waals surface area contributed by atoms with Crippen LogP contribution in [0.15, 0.2) is 42.5 Å². The van der Waals surface area contributed by atoms with Gasteiger partial charge in [0.25, 0.3) is 0 Å².